The quantitative estimate of drug-likeness (QED) is 0.474. The molecule has 0 aliphatic carbocycles. The van der Waals surface area contributed by atoms with Crippen molar-refractivity contribution in [3.63, 3.8) is 0 Å². The molecule has 0 radical (unpaired) electrons. The van der Waals surface area contributed by atoms with Crippen molar-refractivity contribution in [2.75, 3.05) is 12.9 Å². The van der Waals surface area contributed by atoms with Crippen LogP contribution in [0.15, 0.2) is 17.8 Å². The summed E-state index contributed by atoms with van der Waals surface area (Å²) in [5.74, 6) is -0.248. The molecule has 1 amide bonds. The van der Waals surface area contributed by atoms with E-state index in [-0.39, 0.29) is 22.7 Å². The zero-order valence-corrected chi connectivity index (χ0v) is 13.6. The second-order valence-electron chi connectivity index (χ2n) is 4.84. The van der Waals surface area contributed by atoms with Gasteiger partial charge in [-0.3, -0.25) is 14.8 Å². The predicted molar refractivity (Wildman–Crippen MR) is 84.4 cm³/mol. The number of aromatic nitrogens is 3. The molecule has 1 aromatic heterocycles. The summed E-state index contributed by atoms with van der Waals surface area (Å²) in [7, 11) is 1.39. The van der Waals surface area contributed by atoms with Crippen LogP contribution < -0.4 is 5.32 Å². The van der Waals surface area contributed by atoms with Crippen molar-refractivity contribution in [3.8, 4) is 0 Å². The number of rotatable bonds is 5. The van der Waals surface area contributed by atoms with Gasteiger partial charge in [-0.2, -0.15) is 5.10 Å². The average molecular weight is 355 g/mol. The van der Waals surface area contributed by atoms with Crippen molar-refractivity contribution in [1.29, 1.82) is 0 Å². The molecule has 0 aromatic carbocycles. The van der Waals surface area contributed by atoms with Crippen LogP contribution in [0, 0.1) is 0 Å². The van der Waals surface area contributed by atoms with Crippen LogP contribution in [0.1, 0.15) is 5.82 Å². The maximum atomic E-state index is 12.3. The van der Waals surface area contributed by atoms with E-state index in [9.17, 15) is 14.7 Å². The van der Waals surface area contributed by atoms with Crippen molar-refractivity contribution in [3.05, 3.63) is 23.6 Å². The van der Waals surface area contributed by atoms with Crippen LogP contribution in [0.2, 0.25) is 0 Å². The number of methoxy groups -OCH3 is 1. The lowest BCUT2D eigenvalue weighted by Gasteiger charge is -2.49. The first-order valence-corrected chi connectivity index (χ1v) is 8.07. The van der Waals surface area contributed by atoms with Gasteiger partial charge in [0.25, 0.3) is 5.91 Å². The molecule has 3 N–H and O–H groups in total. The number of hydrogen-bond acceptors (Lipinski definition) is 7. The van der Waals surface area contributed by atoms with Crippen molar-refractivity contribution in [1.82, 2.24) is 25.4 Å². The largest absolute Gasteiger partial charge is 0.498 e. The molecule has 3 rings (SSSR count). The molecule has 9 nitrogen and oxygen atoms in total. The molecule has 1 fully saturated rings. The Kier molecular flexibility index (Phi) is 4.22. The monoisotopic (exact) mass is 355 g/mol. The fourth-order valence-electron chi connectivity index (χ4n) is 2.44. The second kappa shape index (κ2) is 6.16. The summed E-state index contributed by atoms with van der Waals surface area (Å²) in [5, 5.41) is 18.4. The summed E-state index contributed by atoms with van der Waals surface area (Å²) in [6, 6.07) is -0.553. The Balaban J connectivity index is 1.69. The summed E-state index contributed by atoms with van der Waals surface area (Å²) in [4.78, 5) is 29.4. The van der Waals surface area contributed by atoms with E-state index >= 15 is 0 Å². The highest BCUT2D eigenvalue weighted by molar-refractivity contribution is 8.00. The SMILES string of the molecule is COC1=C(C(=O)O)N2C(=O)[C@@H](NC(=S)Cc3ncn[nH]3)[C@@H]2SC1. The lowest BCUT2D eigenvalue weighted by Crippen LogP contribution is -2.70. The van der Waals surface area contributed by atoms with Gasteiger partial charge in [-0.1, -0.05) is 12.2 Å². The Hall–Kier alpha value is -2.14. The van der Waals surface area contributed by atoms with Gasteiger partial charge in [-0.25, -0.2) is 9.78 Å². The molecule has 23 heavy (non-hydrogen) atoms. The zero-order chi connectivity index (χ0) is 16.6. The van der Waals surface area contributed by atoms with E-state index in [0.717, 1.165) is 0 Å². The highest BCUT2D eigenvalue weighted by atomic mass is 32.2. The Morgan fingerprint density at radius 3 is 3.09 bits per heavy atom. The van der Waals surface area contributed by atoms with Crippen LogP contribution in [-0.4, -0.2) is 66.3 Å². The van der Waals surface area contributed by atoms with Gasteiger partial charge in [0.1, 0.15) is 29.3 Å². The highest BCUT2D eigenvalue weighted by Gasteiger charge is 2.54. The van der Waals surface area contributed by atoms with Crippen LogP contribution in [0.25, 0.3) is 0 Å². The first-order valence-electron chi connectivity index (χ1n) is 6.61. The van der Waals surface area contributed by atoms with Crippen LogP contribution in [-0.2, 0) is 20.7 Å². The zero-order valence-electron chi connectivity index (χ0n) is 12.0. The number of fused-ring (bicyclic) bond motifs is 1. The maximum absolute atomic E-state index is 12.3. The molecule has 11 heteroatoms. The van der Waals surface area contributed by atoms with E-state index in [2.05, 4.69) is 20.5 Å². The average Bonchev–Trinajstić information content (AvgIpc) is 3.03. The van der Waals surface area contributed by atoms with Crippen molar-refractivity contribution < 1.29 is 19.4 Å². The lowest BCUT2D eigenvalue weighted by molar-refractivity contribution is -0.149. The molecule has 1 aromatic rings. The highest BCUT2D eigenvalue weighted by Crippen LogP contribution is 2.40. The first kappa shape index (κ1) is 15.7. The van der Waals surface area contributed by atoms with Gasteiger partial charge in [0, 0.05) is 0 Å². The topological polar surface area (TPSA) is 120 Å². The molecule has 2 aliphatic rings. The van der Waals surface area contributed by atoms with Crippen LogP contribution >= 0.6 is 24.0 Å². The third-order valence-electron chi connectivity index (χ3n) is 3.49. The molecular formula is C12H13N5O4S2. The smallest absolute Gasteiger partial charge is 0.356 e. The molecule has 3 heterocycles. The fourth-order valence-corrected chi connectivity index (χ4v) is 4.02. The third kappa shape index (κ3) is 2.77. The van der Waals surface area contributed by atoms with Crippen molar-refractivity contribution in [2.24, 2.45) is 0 Å². The van der Waals surface area contributed by atoms with Gasteiger partial charge in [-0.15, -0.1) is 11.8 Å². The summed E-state index contributed by atoms with van der Waals surface area (Å²) >= 11 is 6.65. The minimum absolute atomic E-state index is 0.0968. The number of amides is 1. The van der Waals surface area contributed by atoms with E-state index in [1.165, 1.54) is 30.1 Å². The van der Waals surface area contributed by atoms with Crippen LogP contribution in [0.5, 0.6) is 0 Å². The number of carboxylic acids is 1. The summed E-state index contributed by atoms with van der Waals surface area (Å²) in [6.07, 6.45) is 1.71. The Bertz CT molecular complexity index is 690. The lowest BCUT2D eigenvalue weighted by atomic mass is 10.0. The van der Waals surface area contributed by atoms with Gasteiger partial charge >= 0.3 is 5.97 Å². The van der Waals surface area contributed by atoms with E-state index in [0.29, 0.717) is 23.0 Å². The molecule has 0 spiro atoms. The number of aliphatic carboxylic acids is 1. The number of carbonyl (C=O) groups is 2. The minimum Gasteiger partial charge on any atom is -0.498 e. The van der Waals surface area contributed by atoms with E-state index in [1.54, 1.807) is 0 Å². The maximum Gasteiger partial charge on any atom is 0.356 e. The number of hydrogen-bond donors (Lipinski definition) is 3. The number of β-lactam (4-membered cyclic amide) rings is 1. The molecule has 2 aliphatic heterocycles. The van der Waals surface area contributed by atoms with Crippen LogP contribution in [0.3, 0.4) is 0 Å². The number of carboxylic acid groups (broad SMARTS) is 1. The van der Waals surface area contributed by atoms with Crippen molar-refractivity contribution in [2.45, 2.75) is 17.8 Å². The third-order valence-corrected chi connectivity index (χ3v) is 5.01. The molecule has 0 unspecified atom stereocenters. The van der Waals surface area contributed by atoms with Gasteiger partial charge in [0.15, 0.2) is 5.70 Å². The van der Waals surface area contributed by atoms with Gasteiger partial charge in [0.2, 0.25) is 0 Å². The van der Waals surface area contributed by atoms with Crippen LogP contribution in [0.4, 0.5) is 0 Å². The Morgan fingerprint density at radius 1 is 1.70 bits per heavy atom. The number of nitrogens with zero attached hydrogens (tertiary/aromatic N) is 3. The second-order valence-corrected chi connectivity index (χ2v) is 6.44. The molecular weight excluding hydrogens is 342 g/mol. The molecule has 0 saturated carbocycles. The van der Waals surface area contributed by atoms with E-state index in [1.807, 2.05) is 0 Å². The molecule has 1 saturated heterocycles. The first-order chi connectivity index (χ1) is 11.0. The minimum atomic E-state index is -1.18. The van der Waals surface area contributed by atoms with Crippen molar-refractivity contribution >= 4 is 40.8 Å². The predicted octanol–water partition coefficient (Wildman–Crippen LogP) is -0.509. The summed E-state index contributed by atoms with van der Waals surface area (Å²) in [5.41, 5.74) is -0.0968. The molecule has 122 valence electrons. The number of ether oxygens (including phenoxy) is 1. The number of H-pyrrole nitrogens is 1. The van der Waals surface area contributed by atoms with Gasteiger partial charge in [-0.05, 0) is 0 Å². The molecule has 0 bridgehead atoms. The number of thiocarbonyl (C=S) groups is 1. The molecule has 2 atom stereocenters. The number of carbonyl (C=O) groups excluding carboxylic acids is 1. The fraction of sp³-hybridized carbons (Fsp3) is 0.417. The standard InChI is InChI=1S/C12H13N5O4S2/c1-21-5-3-23-11-8(10(18)17(11)9(5)12(19)20)15-7(22)2-6-13-4-14-16-6/h4,8,11H,2-3H2,1H3,(H,15,22)(H,19,20)(H,13,14,16)/t8-,11+/m1/s1. The Labute approximate surface area is 140 Å². The van der Waals surface area contributed by atoms with E-state index in [4.69, 9.17) is 17.0 Å². The normalized spacial score (nSPS) is 23.2. The summed E-state index contributed by atoms with van der Waals surface area (Å²) < 4.78 is 5.07. The van der Waals surface area contributed by atoms with Gasteiger partial charge in [0.05, 0.1) is 24.3 Å². The van der Waals surface area contributed by atoms with E-state index < -0.39 is 12.0 Å². The number of aromatic amines is 1. The summed E-state index contributed by atoms with van der Waals surface area (Å²) in [6.45, 7) is 0. The number of nitrogens with one attached hydrogen (secondary N) is 2. The Morgan fingerprint density at radius 2 is 2.48 bits per heavy atom. The van der Waals surface area contributed by atoms with Gasteiger partial charge < -0.3 is 15.2 Å². The number of thioether (sulfide) groups is 1.